The van der Waals surface area contributed by atoms with Crippen LogP contribution in [0.3, 0.4) is 0 Å². The van der Waals surface area contributed by atoms with Crippen molar-refractivity contribution in [3.8, 4) is 0 Å². The van der Waals surface area contributed by atoms with Gasteiger partial charge in [-0.05, 0) is 17.7 Å². The number of nitrogens with two attached hydrogens (primary N) is 1. The van der Waals surface area contributed by atoms with Crippen LogP contribution in [0.5, 0.6) is 0 Å². The molecule has 1 aromatic rings. The van der Waals surface area contributed by atoms with Crippen LogP contribution in [0.25, 0.3) is 0 Å². The molecule has 0 unspecified atom stereocenters. The Balaban J connectivity index is 3.21. The maximum Gasteiger partial charge on any atom is 0.0607 e. The largest absolute Gasteiger partial charge is 0.326 e. The van der Waals surface area contributed by atoms with E-state index in [2.05, 4.69) is 0 Å². The molecule has 11 heavy (non-hydrogen) atoms. The summed E-state index contributed by atoms with van der Waals surface area (Å²) in [5.74, 6) is 0. The monoisotopic (exact) mass is 209 g/mol. The topological polar surface area (TPSA) is 26.0 Å². The highest BCUT2D eigenvalue weighted by Gasteiger charge is 2.03. The van der Waals surface area contributed by atoms with Gasteiger partial charge >= 0.3 is 0 Å². The van der Waals surface area contributed by atoms with E-state index in [4.69, 9.17) is 40.5 Å². The van der Waals surface area contributed by atoms with Gasteiger partial charge in [0.1, 0.15) is 0 Å². The summed E-state index contributed by atoms with van der Waals surface area (Å²) in [5, 5.41) is 1.49. The average molecular weight is 210 g/mol. The summed E-state index contributed by atoms with van der Waals surface area (Å²) in [6.45, 7) is 0.371. The lowest BCUT2D eigenvalue weighted by atomic mass is 10.2. The van der Waals surface area contributed by atoms with E-state index in [1.807, 2.05) is 0 Å². The zero-order valence-corrected chi connectivity index (χ0v) is 7.84. The molecule has 60 valence electrons. The molecule has 0 aliphatic carbocycles. The van der Waals surface area contributed by atoms with Crippen LogP contribution in [0, 0.1) is 0 Å². The molecule has 0 saturated heterocycles. The Morgan fingerprint density at radius 3 is 2.09 bits per heavy atom. The predicted octanol–water partition coefficient (Wildman–Crippen LogP) is 3.11. The van der Waals surface area contributed by atoms with Crippen molar-refractivity contribution in [1.82, 2.24) is 0 Å². The van der Waals surface area contributed by atoms with Gasteiger partial charge in [-0.15, -0.1) is 0 Å². The first kappa shape index (κ1) is 9.14. The molecule has 1 nitrogen and oxygen atoms in total. The standard InChI is InChI=1S/C7H6Cl3N/c8-5-2-7(10)6(9)1-4(5)3-11/h1-2H,3,11H2. The molecule has 0 amide bonds. The molecule has 0 spiro atoms. The number of hydrogen-bond donors (Lipinski definition) is 1. The summed E-state index contributed by atoms with van der Waals surface area (Å²) in [6, 6.07) is 3.26. The lowest BCUT2D eigenvalue weighted by molar-refractivity contribution is 1.07. The minimum absolute atomic E-state index is 0.371. The van der Waals surface area contributed by atoms with Gasteiger partial charge in [-0.3, -0.25) is 0 Å². The third-order valence-electron chi connectivity index (χ3n) is 1.31. The first-order chi connectivity index (χ1) is 5.15. The highest BCUT2D eigenvalue weighted by molar-refractivity contribution is 6.43. The molecular formula is C7H6Cl3N. The van der Waals surface area contributed by atoms with Gasteiger partial charge in [-0.1, -0.05) is 34.8 Å². The van der Waals surface area contributed by atoms with Gasteiger partial charge < -0.3 is 5.73 Å². The first-order valence-electron chi connectivity index (χ1n) is 2.98. The minimum Gasteiger partial charge on any atom is -0.326 e. The van der Waals surface area contributed by atoms with Crippen LogP contribution in [0.2, 0.25) is 15.1 Å². The Bertz CT molecular complexity index is 273. The fourth-order valence-corrected chi connectivity index (χ4v) is 1.37. The summed E-state index contributed by atoms with van der Waals surface area (Å²) < 4.78 is 0. The molecule has 0 heterocycles. The summed E-state index contributed by atoms with van der Waals surface area (Å²) in [4.78, 5) is 0. The third-order valence-corrected chi connectivity index (χ3v) is 2.38. The number of rotatable bonds is 1. The molecule has 2 N–H and O–H groups in total. The molecule has 0 fully saturated rings. The van der Waals surface area contributed by atoms with E-state index < -0.39 is 0 Å². The zero-order valence-electron chi connectivity index (χ0n) is 5.57. The predicted molar refractivity (Wildman–Crippen MR) is 49.4 cm³/mol. The fourth-order valence-electron chi connectivity index (χ4n) is 0.720. The van der Waals surface area contributed by atoms with Crippen molar-refractivity contribution in [1.29, 1.82) is 0 Å². The molecule has 0 aromatic heterocycles. The van der Waals surface area contributed by atoms with Gasteiger partial charge in [-0.2, -0.15) is 0 Å². The van der Waals surface area contributed by atoms with Crippen molar-refractivity contribution in [3.63, 3.8) is 0 Å². The van der Waals surface area contributed by atoms with Crippen LogP contribution in [-0.2, 0) is 6.54 Å². The van der Waals surface area contributed by atoms with Gasteiger partial charge in [0.2, 0.25) is 0 Å². The highest BCUT2D eigenvalue weighted by atomic mass is 35.5. The van der Waals surface area contributed by atoms with E-state index in [1.165, 1.54) is 0 Å². The van der Waals surface area contributed by atoms with Crippen molar-refractivity contribution in [2.24, 2.45) is 5.73 Å². The van der Waals surface area contributed by atoms with Crippen LogP contribution >= 0.6 is 34.8 Å². The van der Waals surface area contributed by atoms with Gasteiger partial charge in [0, 0.05) is 11.6 Å². The first-order valence-corrected chi connectivity index (χ1v) is 4.12. The summed E-state index contributed by atoms with van der Waals surface area (Å²) in [6.07, 6.45) is 0. The maximum absolute atomic E-state index is 5.78. The lowest BCUT2D eigenvalue weighted by Gasteiger charge is -2.02. The van der Waals surface area contributed by atoms with Gasteiger partial charge in [0.05, 0.1) is 10.0 Å². The number of hydrogen-bond acceptors (Lipinski definition) is 1. The summed E-state index contributed by atoms with van der Waals surface area (Å²) in [7, 11) is 0. The number of halogens is 3. The van der Waals surface area contributed by atoms with Crippen molar-refractivity contribution in [2.45, 2.75) is 6.54 Å². The minimum atomic E-state index is 0.371. The third kappa shape index (κ3) is 2.00. The van der Waals surface area contributed by atoms with Crippen LogP contribution in [0.1, 0.15) is 5.56 Å². The van der Waals surface area contributed by atoms with E-state index in [9.17, 15) is 0 Å². The Labute approximate surface area is 80.0 Å². The quantitative estimate of drug-likeness (QED) is 0.708. The Morgan fingerprint density at radius 1 is 1.00 bits per heavy atom. The van der Waals surface area contributed by atoms with Crippen LogP contribution in [0.15, 0.2) is 12.1 Å². The highest BCUT2D eigenvalue weighted by Crippen LogP contribution is 2.28. The molecule has 0 bridgehead atoms. The zero-order chi connectivity index (χ0) is 8.43. The Morgan fingerprint density at radius 2 is 1.55 bits per heavy atom. The van der Waals surface area contributed by atoms with Gasteiger partial charge in [0.15, 0.2) is 0 Å². The van der Waals surface area contributed by atoms with E-state index in [-0.39, 0.29) is 0 Å². The van der Waals surface area contributed by atoms with Crippen LogP contribution in [0.4, 0.5) is 0 Å². The smallest absolute Gasteiger partial charge is 0.0607 e. The van der Waals surface area contributed by atoms with Crippen LogP contribution < -0.4 is 5.73 Å². The van der Waals surface area contributed by atoms with Gasteiger partial charge in [-0.25, -0.2) is 0 Å². The molecule has 1 aromatic carbocycles. The van der Waals surface area contributed by atoms with Gasteiger partial charge in [0.25, 0.3) is 0 Å². The lowest BCUT2D eigenvalue weighted by Crippen LogP contribution is -1.96. The van der Waals surface area contributed by atoms with Crippen molar-refractivity contribution < 1.29 is 0 Å². The van der Waals surface area contributed by atoms with Crippen molar-refractivity contribution >= 4 is 34.8 Å². The molecule has 0 atom stereocenters. The fraction of sp³-hybridized carbons (Fsp3) is 0.143. The van der Waals surface area contributed by atoms with Crippen molar-refractivity contribution in [2.75, 3.05) is 0 Å². The average Bonchev–Trinajstić information content (AvgIpc) is 1.97. The van der Waals surface area contributed by atoms with Crippen molar-refractivity contribution in [3.05, 3.63) is 32.8 Å². The SMILES string of the molecule is NCc1cc(Cl)c(Cl)cc1Cl. The second kappa shape index (κ2) is 3.63. The molecule has 0 aliphatic rings. The Hall–Kier alpha value is 0.0500. The number of benzene rings is 1. The molecule has 0 saturated carbocycles. The molecule has 4 heteroatoms. The maximum atomic E-state index is 5.78. The second-order valence-electron chi connectivity index (χ2n) is 2.06. The molecule has 0 radical (unpaired) electrons. The van der Waals surface area contributed by atoms with E-state index in [0.717, 1.165) is 5.56 Å². The second-order valence-corrected chi connectivity index (χ2v) is 3.28. The normalized spacial score (nSPS) is 10.2. The van der Waals surface area contributed by atoms with E-state index >= 15 is 0 Å². The van der Waals surface area contributed by atoms with E-state index in [0.29, 0.717) is 21.6 Å². The summed E-state index contributed by atoms with van der Waals surface area (Å²) in [5.41, 5.74) is 6.19. The molecule has 0 aliphatic heterocycles. The molecular weight excluding hydrogens is 204 g/mol. The molecule has 1 rings (SSSR count). The van der Waals surface area contributed by atoms with E-state index in [1.54, 1.807) is 12.1 Å². The van der Waals surface area contributed by atoms with Crippen LogP contribution in [-0.4, -0.2) is 0 Å². The Kier molecular flexibility index (Phi) is 3.02. The summed E-state index contributed by atoms with van der Waals surface area (Å²) >= 11 is 17.2.